The molecular formula is C62H44N2. The molecule has 302 valence electrons. The third kappa shape index (κ3) is 6.52. The van der Waals surface area contributed by atoms with Crippen molar-refractivity contribution in [2.75, 3.05) is 11.5 Å². The number of hydrogen-bond donors (Lipinski definition) is 2. The van der Waals surface area contributed by atoms with Crippen molar-refractivity contribution >= 4 is 32.9 Å². The number of nitrogen functional groups attached to an aromatic ring is 2. The summed E-state index contributed by atoms with van der Waals surface area (Å²) in [5.41, 5.74) is 33.9. The van der Waals surface area contributed by atoms with Gasteiger partial charge in [-0.15, -0.1) is 0 Å². The molecule has 0 heterocycles. The van der Waals surface area contributed by atoms with Crippen LogP contribution in [0.25, 0.3) is 111 Å². The second-order valence-corrected chi connectivity index (χ2v) is 16.3. The Morgan fingerprint density at radius 1 is 0.172 bits per heavy atom. The zero-order valence-corrected chi connectivity index (χ0v) is 35.2. The molecule has 0 bridgehead atoms. The van der Waals surface area contributed by atoms with Crippen LogP contribution in [0.5, 0.6) is 0 Å². The summed E-state index contributed by atoms with van der Waals surface area (Å²) in [4.78, 5) is 0. The lowest BCUT2D eigenvalue weighted by Crippen LogP contribution is -2.04. The Bertz CT molecular complexity index is 3220. The van der Waals surface area contributed by atoms with E-state index < -0.39 is 0 Å². The summed E-state index contributed by atoms with van der Waals surface area (Å²) in [7, 11) is 0. The minimum atomic E-state index is 0.751. The molecule has 0 aromatic heterocycles. The molecule has 0 unspecified atom stereocenters. The maximum absolute atomic E-state index is 7.52. The Morgan fingerprint density at radius 2 is 0.406 bits per heavy atom. The van der Waals surface area contributed by atoms with Crippen LogP contribution in [-0.2, 0) is 0 Å². The molecule has 0 aliphatic heterocycles. The summed E-state index contributed by atoms with van der Waals surface area (Å²) in [5.74, 6) is 0. The monoisotopic (exact) mass is 816 g/mol. The van der Waals surface area contributed by atoms with Gasteiger partial charge in [0.15, 0.2) is 0 Å². The first-order valence-corrected chi connectivity index (χ1v) is 21.9. The van der Waals surface area contributed by atoms with Gasteiger partial charge in [0.2, 0.25) is 0 Å². The third-order valence-corrected chi connectivity index (χ3v) is 12.6. The predicted molar refractivity (Wildman–Crippen MR) is 274 cm³/mol. The van der Waals surface area contributed by atoms with E-state index in [0.717, 1.165) is 122 Å². The van der Waals surface area contributed by atoms with E-state index >= 15 is 0 Å². The van der Waals surface area contributed by atoms with Crippen molar-refractivity contribution in [1.82, 2.24) is 0 Å². The molecule has 0 aliphatic carbocycles. The largest absolute Gasteiger partial charge is 0.398 e. The van der Waals surface area contributed by atoms with E-state index in [1.807, 2.05) is 0 Å². The van der Waals surface area contributed by atoms with Gasteiger partial charge in [-0.1, -0.05) is 243 Å². The van der Waals surface area contributed by atoms with Gasteiger partial charge >= 0.3 is 0 Å². The summed E-state index contributed by atoms with van der Waals surface area (Å²) in [6.45, 7) is 0. The maximum atomic E-state index is 7.52. The Hall–Kier alpha value is -8.46. The van der Waals surface area contributed by atoms with E-state index in [-0.39, 0.29) is 0 Å². The Kier molecular flexibility index (Phi) is 9.88. The van der Waals surface area contributed by atoms with Gasteiger partial charge in [-0.05, 0) is 77.5 Å². The lowest BCUT2D eigenvalue weighted by atomic mass is 9.74. The van der Waals surface area contributed by atoms with Crippen LogP contribution in [0.3, 0.4) is 0 Å². The predicted octanol–water partition coefficient (Wildman–Crippen LogP) is 16.5. The van der Waals surface area contributed by atoms with Crippen LogP contribution >= 0.6 is 0 Å². The van der Waals surface area contributed by atoms with Crippen molar-refractivity contribution in [3.8, 4) is 89.0 Å². The lowest BCUT2D eigenvalue weighted by molar-refractivity contribution is 1.54. The first-order valence-electron chi connectivity index (χ1n) is 21.9. The van der Waals surface area contributed by atoms with Gasteiger partial charge in [0.05, 0.1) is 0 Å². The van der Waals surface area contributed by atoms with E-state index in [9.17, 15) is 0 Å². The van der Waals surface area contributed by atoms with Crippen LogP contribution in [0.15, 0.2) is 243 Å². The first-order chi connectivity index (χ1) is 31.7. The smallest absolute Gasteiger partial charge is 0.0480 e. The van der Waals surface area contributed by atoms with Crippen LogP contribution in [0.1, 0.15) is 0 Å². The maximum Gasteiger partial charge on any atom is 0.0480 e. The van der Waals surface area contributed by atoms with E-state index in [2.05, 4.69) is 243 Å². The highest BCUT2D eigenvalue weighted by Crippen LogP contribution is 2.58. The molecule has 0 saturated heterocycles. The SMILES string of the molecule is Nc1c(-c2ccccc2)c(-c2ccccc2)c(-c2c(-c3ccccc3)ccc(-c3ccccc3)c2-c2c(-c3ccccc3)c(-c3ccccc3)c(N)c3ccccc23)c2ccccc12. The number of benzene rings is 11. The molecule has 2 nitrogen and oxygen atoms in total. The average molecular weight is 817 g/mol. The zero-order chi connectivity index (χ0) is 43.0. The summed E-state index contributed by atoms with van der Waals surface area (Å²) < 4.78 is 0. The van der Waals surface area contributed by atoms with E-state index in [1.165, 1.54) is 0 Å². The van der Waals surface area contributed by atoms with Crippen LogP contribution in [0.4, 0.5) is 11.4 Å². The summed E-state index contributed by atoms with van der Waals surface area (Å²) >= 11 is 0. The molecular weight excluding hydrogens is 773 g/mol. The van der Waals surface area contributed by atoms with E-state index in [1.54, 1.807) is 0 Å². The number of anilines is 2. The minimum absolute atomic E-state index is 0.751. The molecule has 11 aromatic rings. The van der Waals surface area contributed by atoms with Gasteiger partial charge in [0.25, 0.3) is 0 Å². The molecule has 4 N–H and O–H groups in total. The average Bonchev–Trinajstić information content (AvgIpc) is 3.37. The van der Waals surface area contributed by atoms with Crippen molar-refractivity contribution in [2.45, 2.75) is 0 Å². The van der Waals surface area contributed by atoms with Crippen molar-refractivity contribution in [3.05, 3.63) is 243 Å². The van der Waals surface area contributed by atoms with Crippen molar-refractivity contribution in [3.63, 3.8) is 0 Å². The van der Waals surface area contributed by atoms with Gasteiger partial charge in [0.1, 0.15) is 0 Å². The highest BCUT2D eigenvalue weighted by molar-refractivity contribution is 6.25. The minimum Gasteiger partial charge on any atom is -0.398 e. The lowest BCUT2D eigenvalue weighted by Gasteiger charge is -2.29. The molecule has 2 heteroatoms. The van der Waals surface area contributed by atoms with Crippen LogP contribution in [0.2, 0.25) is 0 Å². The van der Waals surface area contributed by atoms with Gasteiger partial charge in [-0.25, -0.2) is 0 Å². The fourth-order valence-electron chi connectivity index (χ4n) is 9.88. The summed E-state index contributed by atoms with van der Waals surface area (Å²) in [6, 6.07) is 86.6. The first kappa shape index (κ1) is 38.5. The molecule has 0 fully saturated rings. The van der Waals surface area contributed by atoms with Crippen LogP contribution in [0, 0.1) is 0 Å². The van der Waals surface area contributed by atoms with Crippen molar-refractivity contribution in [1.29, 1.82) is 0 Å². The molecule has 0 radical (unpaired) electrons. The number of rotatable bonds is 8. The molecule has 0 amide bonds. The summed E-state index contributed by atoms with van der Waals surface area (Å²) in [5, 5.41) is 4.15. The van der Waals surface area contributed by atoms with Gasteiger partial charge < -0.3 is 11.5 Å². The second-order valence-electron chi connectivity index (χ2n) is 16.3. The number of hydrogen-bond acceptors (Lipinski definition) is 2. The third-order valence-electron chi connectivity index (χ3n) is 12.6. The molecule has 0 atom stereocenters. The van der Waals surface area contributed by atoms with E-state index in [4.69, 9.17) is 11.5 Å². The fourth-order valence-corrected chi connectivity index (χ4v) is 9.88. The molecule has 64 heavy (non-hydrogen) atoms. The molecule has 0 saturated carbocycles. The van der Waals surface area contributed by atoms with Gasteiger partial charge in [-0.2, -0.15) is 0 Å². The van der Waals surface area contributed by atoms with Gasteiger partial charge in [-0.3, -0.25) is 0 Å². The molecule has 0 aliphatic rings. The second kappa shape index (κ2) is 16.4. The fraction of sp³-hybridized carbons (Fsp3) is 0. The van der Waals surface area contributed by atoms with Crippen molar-refractivity contribution in [2.24, 2.45) is 0 Å². The van der Waals surface area contributed by atoms with Crippen LogP contribution < -0.4 is 11.5 Å². The quantitative estimate of drug-likeness (QED) is 0.150. The Balaban J connectivity index is 1.47. The van der Waals surface area contributed by atoms with E-state index in [0.29, 0.717) is 0 Å². The zero-order valence-electron chi connectivity index (χ0n) is 35.2. The molecule has 11 aromatic carbocycles. The van der Waals surface area contributed by atoms with Gasteiger partial charge in [0, 0.05) is 44.4 Å². The topological polar surface area (TPSA) is 52.0 Å². The highest BCUT2D eigenvalue weighted by Gasteiger charge is 2.31. The molecule has 11 rings (SSSR count). The Morgan fingerprint density at radius 3 is 0.703 bits per heavy atom. The number of nitrogens with two attached hydrogens (primary N) is 2. The van der Waals surface area contributed by atoms with Crippen molar-refractivity contribution < 1.29 is 0 Å². The van der Waals surface area contributed by atoms with Crippen LogP contribution in [-0.4, -0.2) is 0 Å². The standard InChI is InChI=1S/C62H44N2/c63-61-51-37-21-19-35-49(51)59(53(43-27-11-3-12-28-43)55(61)45-31-15-5-16-32-45)57-47(41-23-7-1-8-24-41)39-40-48(42-25-9-2-10-26-42)58(57)60-50-36-20-22-38-52(50)62(64)56(46-33-17-6-18-34-46)54(60)44-29-13-4-14-30-44/h1-40H,63-64H2. The highest BCUT2D eigenvalue weighted by atomic mass is 14.6. The molecule has 0 spiro atoms. The summed E-state index contributed by atoms with van der Waals surface area (Å²) in [6.07, 6.45) is 0. The number of fused-ring (bicyclic) bond motifs is 2. The normalized spacial score (nSPS) is 11.2. The Labute approximate surface area is 374 Å².